The number of pyridine rings is 1. The number of carbonyl (C=O) groups is 1. The van der Waals surface area contributed by atoms with E-state index < -0.39 is 5.97 Å². The van der Waals surface area contributed by atoms with Gasteiger partial charge in [-0.05, 0) is 38.8 Å². The molecule has 1 aliphatic rings. The van der Waals surface area contributed by atoms with Crippen molar-refractivity contribution in [1.82, 2.24) is 20.1 Å². The van der Waals surface area contributed by atoms with Crippen LogP contribution in [0.1, 0.15) is 38.3 Å². The monoisotopic (exact) mass is 453 g/mol. The highest BCUT2D eigenvalue weighted by Gasteiger charge is 2.31. The highest BCUT2D eigenvalue weighted by atomic mass is 16.5. The molecule has 0 aromatic carbocycles. The van der Waals surface area contributed by atoms with E-state index in [1.54, 1.807) is 30.7 Å². The molecule has 174 valence electrons. The van der Waals surface area contributed by atoms with E-state index >= 15 is 0 Å². The predicted octanol–water partition coefficient (Wildman–Crippen LogP) is 4.25. The van der Waals surface area contributed by atoms with Crippen molar-refractivity contribution in [2.45, 2.75) is 39.5 Å². The number of rotatable bonds is 9. The van der Waals surface area contributed by atoms with Crippen molar-refractivity contribution in [3.63, 3.8) is 0 Å². The lowest BCUT2D eigenvalue weighted by atomic mass is 9.80. The second-order valence-electron chi connectivity index (χ2n) is 7.95. The quantitative estimate of drug-likeness (QED) is 0.484. The molecule has 0 spiro atoms. The Morgan fingerprint density at radius 3 is 2.82 bits per heavy atom. The van der Waals surface area contributed by atoms with Crippen molar-refractivity contribution in [3.05, 3.63) is 36.4 Å². The van der Waals surface area contributed by atoms with Crippen LogP contribution in [-0.4, -0.2) is 44.4 Å². The number of anilines is 2. The molecule has 0 aliphatic heterocycles. The predicted molar refractivity (Wildman–Crippen MR) is 120 cm³/mol. The first kappa shape index (κ1) is 22.5. The lowest BCUT2D eigenvalue weighted by molar-refractivity contribution is -0.145. The second kappa shape index (κ2) is 10.3. The number of nitrogens with one attached hydrogen (secondary N) is 1. The van der Waals surface area contributed by atoms with Crippen LogP contribution in [0.5, 0.6) is 11.6 Å². The summed E-state index contributed by atoms with van der Waals surface area (Å²) in [4.78, 5) is 24.4. The molecule has 0 bridgehead atoms. The van der Waals surface area contributed by atoms with Crippen LogP contribution >= 0.6 is 0 Å². The van der Waals surface area contributed by atoms with E-state index in [1.807, 2.05) is 13.8 Å². The molecule has 4 rings (SSSR count). The van der Waals surface area contributed by atoms with E-state index in [4.69, 9.17) is 14.0 Å². The number of aliphatic carboxylic acids is 1. The van der Waals surface area contributed by atoms with E-state index in [9.17, 15) is 9.90 Å². The first-order valence-electron chi connectivity index (χ1n) is 11.0. The van der Waals surface area contributed by atoms with E-state index in [0.29, 0.717) is 59.9 Å². The van der Waals surface area contributed by atoms with Crippen LogP contribution in [0.25, 0.3) is 11.5 Å². The van der Waals surface area contributed by atoms with Gasteiger partial charge in [-0.2, -0.15) is 4.98 Å². The van der Waals surface area contributed by atoms with E-state index in [1.165, 1.54) is 0 Å². The Balaban J connectivity index is 1.45. The Morgan fingerprint density at radius 1 is 1.21 bits per heavy atom. The summed E-state index contributed by atoms with van der Waals surface area (Å²) in [5.74, 6) is 0.873. The highest BCUT2D eigenvalue weighted by Crippen LogP contribution is 2.33. The molecule has 0 saturated heterocycles. The molecule has 0 amide bonds. The zero-order valence-electron chi connectivity index (χ0n) is 18.7. The second-order valence-corrected chi connectivity index (χ2v) is 7.95. The summed E-state index contributed by atoms with van der Waals surface area (Å²) in [5, 5.41) is 16.7. The Bertz CT molecular complexity index is 1090. The van der Waals surface area contributed by atoms with Gasteiger partial charge in [0.05, 0.1) is 37.7 Å². The van der Waals surface area contributed by atoms with Gasteiger partial charge in [0.1, 0.15) is 22.8 Å². The van der Waals surface area contributed by atoms with Crippen LogP contribution in [-0.2, 0) is 4.79 Å². The number of nitrogens with zero attached hydrogens (tertiary/aromatic N) is 4. The van der Waals surface area contributed by atoms with Gasteiger partial charge < -0.3 is 24.4 Å². The normalized spacial score (nSPS) is 18.0. The average Bonchev–Trinajstić information content (AvgIpc) is 3.18. The van der Waals surface area contributed by atoms with Crippen molar-refractivity contribution in [3.8, 4) is 23.1 Å². The smallest absolute Gasteiger partial charge is 0.306 e. The maximum Gasteiger partial charge on any atom is 0.306 e. The summed E-state index contributed by atoms with van der Waals surface area (Å²) >= 11 is 0. The molecule has 3 heterocycles. The summed E-state index contributed by atoms with van der Waals surface area (Å²) in [6.45, 7) is 4.55. The number of hydrogen-bond acceptors (Lipinski definition) is 9. The third-order valence-corrected chi connectivity index (χ3v) is 5.68. The van der Waals surface area contributed by atoms with Crippen LogP contribution in [0.15, 0.2) is 35.2 Å². The Morgan fingerprint density at radius 2 is 2.06 bits per heavy atom. The van der Waals surface area contributed by atoms with Gasteiger partial charge in [0.2, 0.25) is 11.6 Å². The number of ether oxygens (including phenoxy) is 2. The minimum atomic E-state index is -0.742. The lowest BCUT2D eigenvalue weighted by Crippen LogP contribution is -2.31. The fourth-order valence-electron chi connectivity index (χ4n) is 3.98. The molecular weight excluding hydrogens is 426 g/mol. The van der Waals surface area contributed by atoms with Gasteiger partial charge in [-0.1, -0.05) is 18.0 Å². The maximum absolute atomic E-state index is 11.5. The van der Waals surface area contributed by atoms with Crippen LogP contribution in [0.3, 0.4) is 0 Å². The van der Waals surface area contributed by atoms with E-state index in [0.717, 1.165) is 19.3 Å². The van der Waals surface area contributed by atoms with Crippen molar-refractivity contribution >= 4 is 17.5 Å². The fourth-order valence-corrected chi connectivity index (χ4v) is 3.98. The summed E-state index contributed by atoms with van der Waals surface area (Å²) < 4.78 is 16.8. The summed E-state index contributed by atoms with van der Waals surface area (Å²) in [7, 11) is 0. The summed E-state index contributed by atoms with van der Waals surface area (Å²) in [6.07, 6.45) is 8.29. The van der Waals surface area contributed by atoms with Gasteiger partial charge in [-0.25, -0.2) is 4.98 Å². The molecule has 1 aliphatic carbocycles. The van der Waals surface area contributed by atoms with Gasteiger partial charge in [-0.3, -0.25) is 9.78 Å². The van der Waals surface area contributed by atoms with Gasteiger partial charge in [0.15, 0.2) is 5.82 Å². The zero-order valence-corrected chi connectivity index (χ0v) is 18.7. The van der Waals surface area contributed by atoms with Crippen molar-refractivity contribution in [1.29, 1.82) is 0 Å². The third-order valence-electron chi connectivity index (χ3n) is 5.68. The number of aromatic nitrogens is 4. The molecule has 1 saturated carbocycles. The maximum atomic E-state index is 11.5. The highest BCUT2D eigenvalue weighted by molar-refractivity contribution is 5.75. The number of carboxylic acid groups (broad SMARTS) is 1. The third kappa shape index (κ3) is 5.39. The molecular formula is C23H27N5O5. The number of aryl methyl sites for hydroxylation is 1. The first-order chi connectivity index (χ1) is 16.0. The minimum absolute atomic E-state index is 0.0113. The molecule has 2 unspecified atom stereocenters. The Labute approximate surface area is 191 Å². The molecule has 0 radical (unpaired) electrons. The van der Waals surface area contributed by atoms with Crippen LogP contribution in [0.4, 0.5) is 11.5 Å². The molecule has 2 N–H and O–H groups in total. The Kier molecular flexibility index (Phi) is 7.01. The molecule has 3 aromatic heterocycles. The molecule has 10 heteroatoms. The van der Waals surface area contributed by atoms with Gasteiger partial charge in [0, 0.05) is 5.92 Å². The zero-order chi connectivity index (χ0) is 23.2. The standard InChI is InChI=1S/C23H27N5O5/c1-3-31-20-12-24-11-19(26-20)27-21-14(2)28-33-22(21)18-9-8-16(10-25-18)32-13-15-6-4-5-7-17(15)23(29)30/h8-12,15,17H,3-7,13H2,1-2H3,(H,26,27)(H,29,30). The molecule has 3 aromatic rings. The van der Waals surface area contributed by atoms with Gasteiger partial charge in [0.25, 0.3) is 0 Å². The Hall–Kier alpha value is -3.69. The number of carboxylic acids is 1. The van der Waals surface area contributed by atoms with E-state index in [2.05, 4.69) is 25.4 Å². The molecule has 33 heavy (non-hydrogen) atoms. The molecule has 2 atom stereocenters. The largest absolute Gasteiger partial charge is 0.492 e. The summed E-state index contributed by atoms with van der Waals surface area (Å²) in [5.41, 5.74) is 1.85. The van der Waals surface area contributed by atoms with Crippen LogP contribution in [0.2, 0.25) is 0 Å². The first-order valence-corrected chi connectivity index (χ1v) is 11.0. The minimum Gasteiger partial charge on any atom is -0.492 e. The van der Waals surface area contributed by atoms with E-state index in [-0.39, 0.29) is 11.8 Å². The van der Waals surface area contributed by atoms with Gasteiger partial charge >= 0.3 is 5.97 Å². The van der Waals surface area contributed by atoms with Gasteiger partial charge in [-0.15, -0.1) is 0 Å². The average molecular weight is 453 g/mol. The van der Waals surface area contributed by atoms with Crippen LogP contribution in [0, 0.1) is 18.8 Å². The van der Waals surface area contributed by atoms with Crippen molar-refractivity contribution < 1.29 is 23.9 Å². The topological polar surface area (TPSA) is 132 Å². The lowest BCUT2D eigenvalue weighted by Gasteiger charge is -2.28. The van der Waals surface area contributed by atoms with Crippen LogP contribution < -0.4 is 14.8 Å². The van der Waals surface area contributed by atoms with Crippen molar-refractivity contribution in [2.24, 2.45) is 11.8 Å². The summed E-state index contributed by atoms with van der Waals surface area (Å²) in [6, 6.07) is 3.57. The molecule has 10 nitrogen and oxygen atoms in total. The number of hydrogen-bond donors (Lipinski definition) is 2. The fraction of sp³-hybridized carbons (Fsp3) is 0.435. The van der Waals surface area contributed by atoms with Crippen molar-refractivity contribution in [2.75, 3.05) is 18.5 Å². The SMILES string of the molecule is CCOc1cncc(Nc2c(C)noc2-c2ccc(OCC3CCCCC3C(=O)O)cn2)n1. The molecule has 1 fully saturated rings.